The molecule has 1 amide bonds. The van der Waals surface area contributed by atoms with Crippen LogP contribution in [0.2, 0.25) is 5.02 Å². The van der Waals surface area contributed by atoms with E-state index in [4.69, 9.17) is 11.6 Å². The van der Waals surface area contributed by atoms with Crippen molar-refractivity contribution in [1.29, 1.82) is 0 Å². The van der Waals surface area contributed by atoms with E-state index in [1.165, 1.54) is 4.68 Å². The van der Waals surface area contributed by atoms with Crippen LogP contribution in [0.3, 0.4) is 0 Å². The number of aryl methyl sites for hydroxylation is 2. The molecule has 3 rings (SSSR count). The van der Waals surface area contributed by atoms with E-state index < -0.39 is 0 Å². The Balaban J connectivity index is 1.83. The molecule has 0 saturated heterocycles. The highest BCUT2D eigenvalue weighted by atomic mass is 35.5. The van der Waals surface area contributed by atoms with Gasteiger partial charge in [0.2, 0.25) is 0 Å². The molecule has 7 nitrogen and oxygen atoms in total. The molecule has 2 aromatic rings. The molecular weight excluding hydrogens is 268 g/mol. The minimum absolute atomic E-state index is 0.208. The van der Waals surface area contributed by atoms with Crippen molar-refractivity contribution in [2.24, 2.45) is 7.05 Å². The highest BCUT2D eigenvalue weighted by molar-refractivity contribution is 6.34. The van der Waals surface area contributed by atoms with E-state index in [2.05, 4.69) is 20.8 Å². The number of hydrogen-bond donors (Lipinski definition) is 2. The topological polar surface area (TPSA) is 76.8 Å². The Morgan fingerprint density at radius 2 is 2.42 bits per heavy atom. The van der Waals surface area contributed by atoms with Crippen LogP contribution in [-0.2, 0) is 13.6 Å². The summed E-state index contributed by atoms with van der Waals surface area (Å²) in [6.45, 7) is 1.72. The lowest BCUT2D eigenvalue weighted by Crippen LogP contribution is -2.20. The van der Waals surface area contributed by atoms with E-state index in [1.54, 1.807) is 19.4 Å². The number of carbonyl (C=O) groups is 1. The van der Waals surface area contributed by atoms with E-state index in [-0.39, 0.29) is 11.6 Å². The first-order chi connectivity index (χ1) is 9.15. The number of carbonyl (C=O) groups excluding carboxylic acids is 1. The molecular formula is C11H13ClN6O. The molecule has 0 unspecified atom stereocenters. The largest absolute Gasteiger partial charge is 0.368 e. The predicted molar refractivity (Wildman–Crippen MR) is 71.5 cm³/mol. The lowest BCUT2D eigenvalue weighted by molar-refractivity contribution is 0.102. The fraction of sp³-hybridized carbons (Fsp3) is 0.364. The Morgan fingerprint density at radius 1 is 1.58 bits per heavy atom. The summed E-state index contributed by atoms with van der Waals surface area (Å²) in [6, 6.07) is 0. The fourth-order valence-electron chi connectivity index (χ4n) is 2.06. The van der Waals surface area contributed by atoms with Crippen molar-refractivity contribution >= 4 is 29.0 Å². The number of rotatable bonds is 2. The average Bonchev–Trinajstić information content (AvgIpc) is 2.94. The summed E-state index contributed by atoms with van der Waals surface area (Å²) in [4.78, 5) is 12.1. The summed E-state index contributed by atoms with van der Waals surface area (Å²) >= 11 is 5.94. The van der Waals surface area contributed by atoms with Crippen molar-refractivity contribution in [1.82, 2.24) is 19.6 Å². The summed E-state index contributed by atoms with van der Waals surface area (Å²) in [5.74, 6) is 0.487. The SMILES string of the molecule is Cn1cc(Cl)c(C(=O)Nc2cnn3c2NCCC3)n1. The van der Waals surface area contributed by atoms with Crippen LogP contribution in [0.4, 0.5) is 11.5 Å². The number of amides is 1. The molecule has 3 heterocycles. The highest BCUT2D eigenvalue weighted by Gasteiger charge is 2.19. The molecule has 0 radical (unpaired) electrons. The monoisotopic (exact) mass is 280 g/mol. The number of nitrogens with one attached hydrogen (secondary N) is 2. The highest BCUT2D eigenvalue weighted by Crippen LogP contribution is 2.25. The first-order valence-electron chi connectivity index (χ1n) is 5.95. The van der Waals surface area contributed by atoms with Gasteiger partial charge in [0.1, 0.15) is 11.5 Å². The number of fused-ring (bicyclic) bond motifs is 1. The molecule has 0 aromatic carbocycles. The van der Waals surface area contributed by atoms with Gasteiger partial charge in [-0.05, 0) is 6.42 Å². The standard InChI is InChI=1S/C11H13ClN6O/c1-17-6-7(12)9(16-17)11(19)15-8-5-14-18-4-2-3-13-10(8)18/h5-6,13H,2-4H2,1H3,(H,15,19). The van der Waals surface area contributed by atoms with Gasteiger partial charge in [0.05, 0.1) is 11.2 Å². The van der Waals surface area contributed by atoms with Crippen molar-refractivity contribution < 1.29 is 4.79 Å². The van der Waals surface area contributed by atoms with Gasteiger partial charge in [-0.2, -0.15) is 10.2 Å². The maximum Gasteiger partial charge on any atom is 0.277 e. The Kier molecular flexibility index (Phi) is 2.90. The van der Waals surface area contributed by atoms with Crippen LogP contribution in [0.15, 0.2) is 12.4 Å². The maximum absolute atomic E-state index is 12.1. The molecule has 1 aliphatic rings. The molecule has 0 fully saturated rings. The van der Waals surface area contributed by atoms with Crippen molar-refractivity contribution in [2.45, 2.75) is 13.0 Å². The molecule has 0 saturated carbocycles. The molecule has 0 aliphatic carbocycles. The number of hydrogen-bond acceptors (Lipinski definition) is 4. The predicted octanol–water partition coefficient (Wildman–Crippen LogP) is 1.34. The third-order valence-electron chi connectivity index (χ3n) is 2.93. The fourth-order valence-corrected chi connectivity index (χ4v) is 2.33. The molecule has 8 heteroatoms. The average molecular weight is 281 g/mol. The summed E-state index contributed by atoms with van der Waals surface area (Å²) in [5.41, 5.74) is 0.853. The molecule has 2 aromatic heterocycles. The van der Waals surface area contributed by atoms with E-state index in [0.29, 0.717) is 10.7 Å². The summed E-state index contributed by atoms with van der Waals surface area (Å²) < 4.78 is 3.34. The van der Waals surface area contributed by atoms with Crippen LogP contribution in [0.25, 0.3) is 0 Å². The number of nitrogens with zero attached hydrogens (tertiary/aromatic N) is 4. The van der Waals surface area contributed by atoms with Crippen LogP contribution < -0.4 is 10.6 Å². The minimum Gasteiger partial charge on any atom is -0.368 e. The molecule has 100 valence electrons. The molecule has 0 spiro atoms. The third kappa shape index (κ3) is 2.17. The van der Waals surface area contributed by atoms with Gasteiger partial charge >= 0.3 is 0 Å². The minimum atomic E-state index is -0.339. The Bertz CT molecular complexity index is 631. The molecule has 0 atom stereocenters. The summed E-state index contributed by atoms with van der Waals surface area (Å²) in [5, 5.41) is 14.6. The third-order valence-corrected chi connectivity index (χ3v) is 3.20. The van der Waals surface area contributed by atoms with Crippen molar-refractivity contribution in [2.75, 3.05) is 17.2 Å². The second-order valence-electron chi connectivity index (χ2n) is 4.36. The smallest absolute Gasteiger partial charge is 0.277 e. The molecule has 19 heavy (non-hydrogen) atoms. The quantitative estimate of drug-likeness (QED) is 0.870. The van der Waals surface area contributed by atoms with Crippen LogP contribution in [0.5, 0.6) is 0 Å². The van der Waals surface area contributed by atoms with E-state index >= 15 is 0 Å². The zero-order valence-corrected chi connectivity index (χ0v) is 11.1. The van der Waals surface area contributed by atoms with Gasteiger partial charge in [0.15, 0.2) is 5.69 Å². The Hall–Kier alpha value is -2.02. The number of halogens is 1. The van der Waals surface area contributed by atoms with E-state index in [9.17, 15) is 4.79 Å². The number of aromatic nitrogens is 4. The van der Waals surface area contributed by atoms with E-state index in [0.717, 1.165) is 25.3 Å². The van der Waals surface area contributed by atoms with Gasteiger partial charge in [-0.15, -0.1) is 0 Å². The van der Waals surface area contributed by atoms with Crippen LogP contribution in [0, 0.1) is 0 Å². The van der Waals surface area contributed by atoms with E-state index in [1.807, 2.05) is 4.68 Å². The second kappa shape index (κ2) is 4.58. The first kappa shape index (κ1) is 12.0. The van der Waals surface area contributed by atoms with Gasteiger partial charge < -0.3 is 10.6 Å². The van der Waals surface area contributed by atoms with Gasteiger partial charge in [0.25, 0.3) is 5.91 Å². The lowest BCUT2D eigenvalue weighted by Gasteiger charge is -2.16. The van der Waals surface area contributed by atoms with Crippen molar-refractivity contribution in [3.8, 4) is 0 Å². The molecule has 2 N–H and O–H groups in total. The number of anilines is 2. The first-order valence-corrected chi connectivity index (χ1v) is 6.33. The Labute approximate surface area is 114 Å². The van der Waals surface area contributed by atoms with Gasteiger partial charge in [0, 0.05) is 26.3 Å². The summed E-state index contributed by atoms with van der Waals surface area (Å²) in [6.07, 6.45) is 4.23. The van der Waals surface area contributed by atoms with Crippen LogP contribution in [-0.4, -0.2) is 32.0 Å². The maximum atomic E-state index is 12.1. The van der Waals surface area contributed by atoms with Gasteiger partial charge in [-0.3, -0.25) is 9.48 Å². The van der Waals surface area contributed by atoms with Crippen molar-refractivity contribution in [3.05, 3.63) is 23.1 Å². The zero-order chi connectivity index (χ0) is 13.4. The van der Waals surface area contributed by atoms with Gasteiger partial charge in [-0.1, -0.05) is 11.6 Å². The lowest BCUT2D eigenvalue weighted by atomic mass is 10.3. The van der Waals surface area contributed by atoms with Gasteiger partial charge in [-0.25, -0.2) is 4.68 Å². The molecule has 1 aliphatic heterocycles. The normalized spacial score (nSPS) is 13.8. The Morgan fingerprint density at radius 3 is 3.16 bits per heavy atom. The zero-order valence-electron chi connectivity index (χ0n) is 10.4. The summed E-state index contributed by atoms with van der Waals surface area (Å²) in [7, 11) is 1.71. The molecule has 0 bridgehead atoms. The van der Waals surface area contributed by atoms with Crippen LogP contribution >= 0.6 is 11.6 Å². The van der Waals surface area contributed by atoms with Crippen LogP contribution in [0.1, 0.15) is 16.9 Å². The second-order valence-corrected chi connectivity index (χ2v) is 4.77. The van der Waals surface area contributed by atoms with Crippen molar-refractivity contribution in [3.63, 3.8) is 0 Å².